The molecule has 0 saturated heterocycles. The van der Waals surface area contributed by atoms with Gasteiger partial charge in [-0.25, -0.2) is 0 Å². The maximum Gasteiger partial charge on any atom is 0.0714 e. The Morgan fingerprint density at radius 3 is 3.00 bits per heavy atom. The molecule has 1 heterocycles. The molecule has 3 heteroatoms. The van der Waals surface area contributed by atoms with Gasteiger partial charge in [0.1, 0.15) is 0 Å². The Balaban J connectivity index is 2.84. The molecule has 0 unspecified atom stereocenters. The monoisotopic (exact) mass is 241 g/mol. The number of benzene rings is 1. The first-order valence-corrected chi connectivity index (χ1v) is 4.64. The van der Waals surface area contributed by atoms with Crippen molar-refractivity contribution >= 4 is 38.4 Å². The fourth-order valence-corrected chi connectivity index (χ4v) is 1.57. The molecule has 0 atom stereocenters. The van der Waals surface area contributed by atoms with Crippen molar-refractivity contribution in [3.05, 3.63) is 40.0 Å². The third-order valence-corrected chi connectivity index (χ3v) is 2.84. The second-order valence-corrected chi connectivity index (χ2v) is 3.72. The summed E-state index contributed by atoms with van der Waals surface area (Å²) in [7, 11) is 0. The van der Waals surface area contributed by atoms with E-state index in [4.69, 9.17) is 11.6 Å². The number of hydrogen-bond donors (Lipinski definition) is 0. The third-order valence-electron chi connectivity index (χ3n) is 1.65. The van der Waals surface area contributed by atoms with E-state index in [0.717, 1.165) is 20.4 Å². The summed E-state index contributed by atoms with van der Waals surface area (Å²) in [6, 6.07) is 7.69. The molecule has 0 N–H and O–H groups in total. The fourth-order valence-electron chi connectivity index (χ4n) is 1.07. The van der Waals surface area contributed by atoms with Gasteiger partial charge in [-0.3, -0.25) is 4.98 Å². The van der Waals surface area contributed by atoms with Crippen molar-refractivity contribution in [2.24, 2.45) is 0 Å². The van der Waals surface area contributed by atoms with Crippen molar-refractivity contribution in [2.45, 2.75) is 0 Å². The lowest BCUT2D eigenvalue weighted by Crippen LogP contribution is -1.77. The summed E-state index contributed by atoms with van der Waals surface area (Å²) in [6.45, 7) is 0. The van der Waals surface area contributed by atoms with E-state index in [1.807, 2.05) is 24.3 Å². The van der Waals surface area contributed by atoms with Crippen LogP contribution in [0.2, 0.25) is 5.02 Å². The molecule has 1 nitrogen and oxygen atoms in total. The van der Waals surface area contributed by atoms with Crippen molar-refractivity contribution in [2.75, 3.05) is 0 Å². The molecule has 0 aliphatic heterocycles. The molecule has 12 heavy (non-hydrogen) atoms. The Hall–Kier alpha value is -0.600. The predicted octanol–water partition coefficient (Wildman–Crippen LogP) is 3.65. The molecule has 60 valence electrons. The van der Waals surface area contributed by atoms with Crippen LogP contribution in [0.25, 0.3) is 10.9 Å². The molecule has 0 aliphatic carbocycles. The summed E-state index contributed by atoms with van der Waals surface area (Å²) in [5, 5.41) is 1.78. The van der Waals surface area contributed by atoms with Gasteiger partial charge in [-0.15, -0.1) is 0 Å². The van der Waals surface area contributed by atoms with Crippen LogP contribution in [0.3, 0.4) is 0 Å². The van der Waals surface area contributed by atoms with E-state index in [1.54, 1.807) is 6.20 Å². The molecule has 0 bridgehead atoms. The van der Waals surface area contributed by atoms with Crippen LogP contribution in [0, 0.1) is 0 Å². The number of hydrogen-bond acceptors (Lipinski definition) is 1. The Kier molecular flexibility index (Phi) is 2.03. The lowest BCUT2D eigenvalue weighted by atomic mass is 10.2. The first-order valence-electron chi connectivity index (χ1n) is 3.47. The number of aromatic nitrogens is 1. The van der Waals surface area contributed by atoms with Gasteiger partial charge in [0.05, 0.1) is 10.5 Å². The fraction of sp³-hybridized carbons (Fsp3) is 0. The Morgan fingerprint density at radius 2 is 2.17 bits per heavy atom. The minimum atomic E-state index is 0.718. The lowest BCUT2D eigenvalue weighted by Gasteiger charge is -1.98. The molecule has 0 spiro atoms. The zero-order valence-corrected chi connectivity index (χ0v) is 8.43. The smallest absolute Gasteiger partial charge is 0.0714 e. The van der Waals surface area contributed by atoms with Crippen molar-refractivity contribution in [1.82, 2.24) is 4.98 Å². The van der Waals surface area contributed by atoms with Gasteiger partial charge in [0.15, 0.2) is 0 Å². The van der Waals surface area contributed by atoms with E-state index in [-0.39, 0.29) is 0 Å². The quantitative estimate of drug-likeness (QED) is 0.687. The van der Waals surface area contributed by atoms with Gasteiger partial charge in [-0.05, 0) is 34.1 Å². The van der Waals surface area contributed by atoms with Gasteiger partial charge in [0.2, 0.25) is 0 Å². The maximum absolute atomic E-state index is 5.91. The van der Waals surface area contributed by atoms with Crippen LogP contribution in [0.1, 0.15) is 0 Å². The standard InChI is InChI=1S/C9H5BrClN/c10-7-5-9-6(4-8(7)11)2-1-3-12-9/h1-5H. The highest BCUT2D eigenvalue weighted by molar-refractivity contribution is 9.10. The van der Waals surface area contributed by atoms with E-state index >= 15 is 0 Å². The van der Waals surface area contributed by atoms with E-state index in [0.29, 0.717) is 0 Å². The average Bonchev–Trinajstić information content (AvgIpc) is 2.07. The van der Waals surface area contributed by atoms with Gasteiger partial charge in [0, 0.05) is 16.1 Å². The van der Waals surface area contributed by atoms with Crippen molar-refractivity contribution in [1.29, 1.82) is 0 Å². The van der Waals surface area contributed by atoms with Crippen LogP contribution >= 0.6 is 27.5 Å². The minimum absolute atomic E-state index is 0.718. The molecule has 2 rings (SSSR count). The summed E-state index contributed by atoms with van der Waals surface area (Å²) < 4.78 is 0.885. The summed E-state index contributed by atoms with van der Waals surface area (Å²) in [5.74, 6) is 0. The minimum Gasteiger partial charge on any atom is -0.256 e. The van der Waals surface area contributed by atoms with Crippen LogP contribution in [-0.2, 0) is 0 Å². The van der Waals surface area contributed by atoms with Gasteiger partial charge in [0.25, 0.3) is 0 Å². The molecule has 1 aromatic carbocycles. The van der Waals surface area contributed by atoms with Crippen LogP contribution in [0.15, 0.2) is 34.9 Å². The van der Waals surface area contributed by atoms with E-state index in [9.17, 15) is 0 Å². The van der Waals surface area contributed by atoms with Crippen LogP contribution in [0.4, 0.5) is 0 Å². The summed E-state index contributed by atoms with van der Waals surface area (Å²) in [5.41, 5.74) is 0.953. The van der Waals surface area contributed by atoms with Gasteiger partial charge in [-0.2, -0.15) is 0 Å². The maximum atomic E-state index is 5.91. The number of pyridine rings is 1. The number of rotatable bonds is 0. The SMILES string of the molecule is Clc1cc2cccnc2cc1Br. The molecule has 1 aromatic heterocycles. The first kappa shape index (κ1) is 8.02. The first-order chi connectivity index (χ1) is 5.77. The number of fused-ring (bicyclic) bond motifs is 1. The molecule has 0 fully saturated rings. The Labute approximate surface area is 83.5 Å². The summed E-state index contributed by atoms with van der Waals surface area (Å²) in [6.07, 6.45) is 1.77. The topological polar surface area (TPSA) is 12.9 Å². The van der Waals surface area contributed by atoms with Gasteiger partial charge < -0.3 is 0 Å². The third kappa shape index (κ3) is 1.32. The largest absolute Gasteiger partial charge is 0.256 e. The predicted molar refractivity (Wildman–Crippen MR) is 54.5 cm³/mol. The number of nitrogens with zero attached hydrogens (tertiary/aromatic N) is 1. The summed E-state index contributed by atoms with van der Waals surface area (Å²) in [4.78, 5) is 4.19. The molecule has 2 aromatic rings. The Morgan fingerprint density at radius 1 is 1.33 bits per heavy atom. The zero-order valence-electron chi connectivity index (χ0n) is 6.09. The summed E-state index contributed by atoms with van der Waals surface area (Å²) >= 11 is 9.26. The molecule has 0 amide bonds. The highest BCUT2D eigenvalue weighted by Crippen LogP contribution is 2.26. The van der Waals surface area contributed by atoms with Crippen molar-refractivity contribution in [3.63, 3.8) is 0 Å². The van der Waals surface area contributed by atoms with Crippen LogP contribution in [0.5, 0.6) is 0 Å². The lowest BCUT2D eigenvalue weighted by molar-refractivity contribution is 1.41. The molecule has 0 aliphatic rings. The molecule has 0 radical (unpaired) electrons. The average molecular weight is 243 g/mol. The number of halogens is 2. The highest BCUT2D eigenvalue weighted by atomic mass is 79.9. The van der Waals surface area contributed by atoms with Crippen LogP contribution < -0.4 is 0 Å². The molecule has 0 saturated carbocycles. The Bertz CT molecular complexity index is 387. The van der Waals surface area contributed by atoms with E-state index in [2.05, 4.69) is 20.9 Å². The molecular weight excluding hydrogens is 237 g/mol. The van der Waals surface area contributed by atoms with Crippen molar-refractivity contribution < 1.29 is 0 Å². The normalized spacial score (nSPS) is 10.5. The molecular formula is C9H5BrClN. The second kappa shape index (κ2) is 3.04. The van der Waals surface area contributed by atoms with Crippen LogP contribution in [-0.4, -0.2) is 4.98 Å². The van der Waals surface area contributed by atoms with Crippen molar-refractivity contribution in [3.8, 4) is 0 Å². The van der Waals surface area contributed by atoms with Gasteiger partial charge >= 0.3 is 0 Å². The zero-order chi connectivity index (χ0) is 8.55. The van der Waals surface area contributed by atoms with E-state index in [1.165, 1.54) is 0 Å². The second-order valence-electron chi connectivity index (χ2n) is 2.46. The van der Waals surface area contributed by atoms with E-state index < -0.39 is 0 Å². The van der Waals surface area contributed by atoms with Gasteiger partial charge in [-0.1, -0.05) is 17.7 Å². The highest BCUT2D eigenvalue weighted by Gasteiger charge is 1.99.